The number of amides is 2. The first kappa shape index (κ1) is 16.5. The molecular formula is C19H22F2N2O2. The van der Waals surface area contributed by atoms with Gasteiger partial charge in [-0.05, 0) is 37.2 Å². The molecule has 3 fully saturated rings. The number of likely N-dealkylation sites (tertiary alicyclic amines) is 1. The Morgan fingerprint density at radius 2 is 2.04 bits per heavy atom. The normalized spacial score (nSPS) is 28.7. The van der Waals surface area contributed by atoms with Crippen molar-refractivity contribution in [2.45, 2.75) is 38.1 Å². The van der Waals surface area contributed by atoms with Crippen molar-refractivity contribution in [2.75, 3.05) is 19.6 Å². The molecule has 6 heteroatoms. The van der Waals surface area contributed by atoms with Gasteiger partial charge < -0.3 is 9.80 Å². The number of hydrogen-bond acceptors (Lipinski definition) is 2. The third kappa shape index (κ3) is 3.02. The predicted octanol–water partition coefficient (Wildman–Crippen LogP) is 2.37. The zero-order valence-electron chi connectivity index (χ0n) is 14.1. The Labute approximate surface area is 145 Å². The lowest BCUT2D eigenvalue weighted by molar-refractivity contribution is -0.148. The molecule has 134 valence electrons. The van der Waals surface area contributed by atoms with Gasteiger partial charge in [0.1, 0.15) is 0 Å². The van der Waals surface area contributed by atoms with E-state index in [0.717, 1.165) is 31.9 Å². The van der Waals surface area contributed by atoms with Gasteiger partial charge in [-0.2, -0.15) is 0 Å². The van der Waals surface area contributed by atoms with Crippen molar-refractivity contribution in [3.63, 3.8) is 0 Å². The molecule has 0 N–H and O–H groups in total. The first-order chi connectivity index (χ1) is 12.0. The van der Waals surface area contributed by atoms with Crippen LogP contribution in [0.2, 0.25) is 0 Å². The molecule has 0 unspecified atom stereocenters. The maximum Gasteiger partial charge on any atom is 0.227 e. The maximum atomic E-state index is 13.8. The van der Waals surface area contributed by atoms with Crippen molar-refractivity contribution in [1.82, 2.24) is 9.80 Å². The van der Waals surface area contributed by atoms with Crippen molar-refractivity contribution >= 4 is 11.8 Å². The minimum absolute atomic E-state index is 0.107. The van der Waals surface area contributed by atoms with E-state index in [9.17, 15) is 18.4 Å². The lowest BCUT2D eigenvalue weighted by Gasteiger charge is -2.52. The summed E-state index contributed by atoms with van der Waals surface area (Å²) in [6, 6.07) is 4.18. The van der Waals surface area contributed by atoms with Gasteiger partial charge >= 0.3 is 0 Å². The lowest BCUT2D eigenvalue weighted by Crippen LogP contribution is -2.61. The molecule has 0 aliphatic carbocycles. The Bertz CT molecular complexity index is 709. The number of carbonyl (C=O) groups is 2. The van der Waals surface area contributed by atoms with Crippen LogP contribution in [-0.4, -0.2) is 47.3 Å². The van der Waals surface area contributed by atoms with Gasteiger partial charge in [0.2, 0.25) is 11.8 Å². The van der Waals surface area contributed by atoms with Crippen molar-refractivity contribution in [2.24, 2.45) is 11.8 Å². The molecule has 0 radical (unpaired) electrons. The van der Waals surface area contributed by atoms with Gasteiger partial charge in [0.25, 0.3) is 0 Å². The second kappa shape index (κ2) is 6.39. The number of benzene rings is 1. The van der Waals surface area contributed by atoms with Gasteiger partial charge in [0, 0.05) is 37.7 Å². The van der Waals surface area contributed by atoms with Gasteiger partial charge in [-0.3, -0.25) is 9.59 Å². The Balaban J connectivity index is 1.47. The van der Waals surface area contributed by atoms with Gasteiger partial charge in [-0.25, -0.2) is 8.78 Å². The highest BCUT2D eigenvalue weighted by Crippen LogP contribution is 2.38. The summed E-state index contributed by atoms with van der Waals surface area (Å²) in [4.78, 5) is 28.6. The van der Waals surface area contributed by atoms with E-state index in [1.807, 2.05) is 4.90 Å². The quantitative estimate of drug-likeness (QED) is 0.823. The predicted molar refractivity (Wildman–Crippen MR) is 87.6 cm³/mol. The molecule has 25 heavy (non-hydrogen) atoms. The number of halogens is 2. The van der Waals surface area contributed by atoms with Crippen LogP contribution in [0.5, 0.6) is 0 Å². The van der Waals surface area contributed by atoms with E-state index in [1.54, 1.807) is 4.90 Å². The van der Waals surface area contributed by atoms with Gasteiger partial charge in [0.05, 0.1) is 6.42 Å². The highest BCUT2D eigenvalue weighted by atomic mass is 19.2. The molecule has 3 aliphatic heterocycles. The van der Waals surface area contributed by atoms with Crippen LogP contribution in [0.15, 0.2) is 18.2 Å². The number of carbonyl (C=O) groups excluding carboxylic acids is 2. The summed E-state index contributed by atoms with van der Waals surface area (Å²) in [5.74, 6) is -1.17. The number of fused-ring (bicyclic) bond motifs is 4. The van der Waals surface area contributed by atoms with Crippen LogP contribution in [0.1, 0.15) is 31.2 Å². The summed E-state index contributed by atoms with van der Waals surface area (Å²) >= 11 is 0. The SMILES string of the molecule is O=C(Cc1cccc(F)c1F)N1C[C@@H]2C[C@H](C1)[C@@H]1CCCC(=O)N1C2. The van der Waals surface area contributed by atoms with E-state index in [1.165, 1.54) is 12.1 Å². The van der Waals surface area contributed by atoms with Crippen molar-refractivity contribution in [1.29, 1.82) is 0 Å². The number of hydrogen-bond donors (Lipinski definition) is 0. The Morgan fingerprint density at radius 1 is 1.20 bits per heavy atom. The molecule has 2 bridgehead atoms. The van der Waals surface area contributed by atoms with Gasteiger partial charge in [-0.1, -0.05) is 12.1 Å². The van der Waals surface area contributed by atoms with E-state index in [-0.39, 0.29) is 29.8 Å². The zero-order chi connectivity index (χ0) is 17.6. The molecule has 2 amide bonds. The monoisotopic (exact) mass is 348 g/mol. The van der Waals surface area contributed by atoms with Crippen LogP contribution in [0.3, 0.4) is 0 Å². The molecule has 3 atom stereocenters. The third-order valence-corrected chi connectivity index (χ3v) is 5.91. The Hall–Kier alpha value is -1.98. The smallest absolute Gasteiger partial charge is 0.227 e. The standard InChI is InChI=1S/C19H22F2N2O2/c20-15-4-1-3-13(19(15)21)8-18(25)22-9-12-7-14(11-22)16-5-2-6-17(24)23(16)10-12/h1,3-4,12,14,16H,2,5-11H2/t12-,14+,16-/m0/s1. The second-order valence-electron chi connectivity index (χ2n) is 7.56. The van der Waals surface area contributed by atoms with E-state index >= 15 is 0 Å². The fourth-order valence-electron chi connectivity index (χ4n) is 4.77. The summed E-state index contributed by atoms with van der Waals surface area (Å²) < 4.78 is 27.2. The summed E-state index contributed by atoms with van der Waals surface area (Å²) in [5.41, 5.74) is 0.107. The van der Waals surface area contributed by atoms with Crippen molar-refractivity contribution < 1.29 is 18.4 Å². The van der Waals surface area contributed by atoms with Crippen LogP contribution in [0.4, 0.5) is 8.78 Å². The van der Waals surface area contributed by atoms with E-state index in [2.05, 4.69) is 0 Å². The van der Waals surface area contributed by atoms with Gasteiger partial charge in [-0.15, -0.1) is 0 Å². The molecule has 1 aromatic rings. The van der Waals surface area contributed by atoms with Crippen LogP contribution in [0.25, 0.3) is 0 Å². The molecule has 3 heterocycles. The number of piperidine rings is 3. The Kier molecular flexibility index (Phi) is 4.21. The molecule has 3 aliphatic rings. The van der Waals surface area contributed by atoms with Crippen LogP contribution in [0, 0.1) is 23.5 Å². The molecule has 4 rings (SSSR count). The average Bonchev–Trinajstić information content (AvgIpc) is 2.60. The molecular weight excluding hydrogens is 326 g/mol. The molecule has 1 aromatic carbocycles. The van der Waals surface area contributed by atoms with Crippen LogP contribution in [-0.2, 0) is 16.0 Å². The van der Waals surface area contributed by atoms with E-state index in [4.69, 9.17) is 0 Å². The maximum absolute atomic E-state index is 13.8. The lowest BCUT2D eigenvalue weighted by atomic mass is 9.76. The summed E-state index contributed by atoms with van der Waals surface area (Å²) in [6.07, 6.45) is 3.49. The molecule has 3 saturated heterocycles. The highest BCUT2D eigenvalue weighted by molar-refractivity contribution is 5.79. The molecule has 4 nitrogen and oxygen atoms in total. The fourth-order valence-corrected chi connectivity index (χ4v) is 4.77. The molecule has 0 spiro atoms. The van der Waals surface area contributed by atoms with Crippen LogP contribution >= 0.6 is 0 Å². The minimum Gasteiger partial charge on any atom is -0.342 e. The average molecular weight is 348 g/mol. The number of rotatable bonds is 2. The molecule has 0 aromatic heterocycles. The third-order valence-electron chi connectivity index (χ3n) is 5.91. The first-order valence-corrected chi connectivity index (χ1v) is 9.03. The van der Waals surface area contributed by atoms with Crippen molar-refractivity contribution in [3.05, 3.63) is 35.4 Å². The minimum atomic E-state index is -0.933. The van der Waals surface area contributed by atoms with E-state index < -0.39 is 11.6 Å². The summed E-state index contributed by atoms with van der Waals surface area (Å²) in [6.45, 7) is 1.93. The first-order valence-electron chi connectivity index (χ1n) is 9.03. The molecule has 0 saturated carbocycles. The Morgan fingerprint density at radius 3 is 2.88 bits per heavy atom. The summed E-state index contributed by atoms with van der Waals surface area (Å²) in [5, 5.41) is 0. The second-order valence-corrected chi connectivity index (χ2v) is 7.56. The van der Waals surface area contributed by atoms with Crippen molar-refractivity contribution in [3.8, 4) is 0 Å². The van der Waals surface area contributed by atoms with Crippen LogP contribution < -0.4 is 0 Å². The fraction of sp³-hybridized carbons (Fsp3) is 0.579. The van der Waals surface area contributed by atoms with Gasteiger partial charge in [0.15, 0.2) is 11.6 Å². The number of nitrogens with zero attached hydrogens (tertiary/aromatic N) is 2. The van der Waals surface area contributed by atoms with E-state index in [0.29, 0.717) is 31.3 Å². The zero-order valence-corrected chi connectivity index (χ0v) is 14.1. The summed E-state index contributed by atoms with van der Waals surface area (Å²) in [7, 11) is 0. The largest absolute Gasteiger partial charge is 0.342 e. The highest BCUT2D eigenvalue weighted by Gasteiger charge is 2.44. The topological polar surface area (TPSA) is 40.6 Å².